The van der Waals surface area contributed by atoms with Crippen LogP contribution in [0.2, 0.25) is 0 Å². The molecule has 0 saturated heterocycles. The largest absolute Gasteiger partial charge is 0.456 e. The van der Waals surface area contributed by atoms with Gasteiger partial charge in [0.1, 0.15) is 11.2 Å². The summed E-state index contributed by atoms with van der Waals surface area (Å²) in [4.78, 5) is 2.37. The lowest BCUT2D eigenvalue weighted by Gasteiger charge is -2.29. The molecule has 2 nitrogen and oxygen atoms in total. The number of anilines is 3. The Labute approximate surface area is 292 Å². The molecule has 50 heavy (non-hydrogen) atoms. The molecule has 2 heteroatoms. The SMILES string of the molecule is c1ccc(-c2ccc(-c3cccc(N(c4ccc5c(c4)oc4ccccc45)c4ccccc4-c4ccccc4-c4ccccc4)c3)cc2)cc1. The number of furan rings is 1. The Morgan fingerprint density at radius 3 is 1.62 bits per heavy atom. The van der Waals surface area contributed by atoms with E-state index in [9.17, 15) is 0 Å². The molecule has 0 fully saturated rings. The first-order valence-corrected chi connectivity index (χ1v) is 17.0. The Morgan fingerprint density at radius 1 is 0.300 bits per heavy atom. The van der Waals surface area contributed by atoms with Crippen molar-refractivity contribution in [3.63, 3.8) is 0 Å². The number of nitrogens with zero attached hydrogens (tertiary/aromatic N) is 1. The minimum atomic E-state index is 0.864. The Hall–Kier alpha value is -6.64. The normalized spacial score (nSPS) is 11.2. The highest BCUT2D eigenvalue weighted by molar-refractivity contribution is 6.06. The smallest absolute Gasteiger partial charge is 0.137 e. The summed E-state index contributed by atoms with van der Waals surface area (Å²) < 4.78 is 6.42. The fraction of sp³-hybridized carbons (Fsp3) is 0. The molecule has 0 unspecified atom stereocenters. The molecule has 0 aliphatic carbocycles. The zero-order valence-electron chi connectivity index (χ0n) is 27.4. The molecule has 0 aliphatic heterocycles. The van der Waals surface area contributed by atoms with Crippen LogP contribution in [0.15, 0.2) is 205 Å². The maximum Gasteiger partial charge on any atom is 0.137 e. The van der Waals surface area contributed by atoms with Gasteiger partial charge in [-0.3, -0.25) is 0 Å². The molecule has 0 bridgehead atoms. The van der Waals surface area contributed by atoms with Crippen LogP contribution in [0.25, 0.3) is 66.4 Å². The first-order valence-electron chi connectivity index (χ1n) is 17.0. The average molecular weight is 640 g/mol. The molecule has 0 radical (unpaired) electrons. The average Bonchev–Trinajstić information content (AvgIpc) is 3.57. The maximum absolute atomic E-state index is 6.42. The molecule has 0 aliphatic rings. The van der Waals surface area contributed by atoms with E-state index in [0.717, 1.165) is 50.1 Å². The molecule has 236 valence electrons. The monoisotopic (exact) mass is 639 g/mol. The van der Waals surface area contributed by atoms with Crippen molar-refractivity contribution >= 4 is 39.0 Å². The van der Waals surface area contributed by atoms with Gasteiger partial charge in [-0.1, -0.05) is 158 Å². The van der Waals surface area contributed by atoms with Gasteiger partial charge >= 0.3 is 0 Å². The molecule has 0 spiro atoms. The molecular formula is C48H33NO. The molecule has 9 aromatic rings. The van der Waals surface area contributed by atoms with E-state index in [1.165, 1.54) is 33.4 Å². The van der Waals surface area contributed by atoms with Gasteiger partial charge in [0.2, 0.25) is 0 Å². The van der Waals surface area contributed by atoms with Crippen molar-refractivity contribution in [3.05, 3.63) is 200 Å². The maximum atomic E-state index is 6.42. The van der Waals surface area contributed by atoms with Crippen LogP contribution in [-0.2, 0) is 0 Å². The van der Waals surface area contributed by atoms with Crippen LogP contribution in [0, 0.1) is 0 Å². The Kier molecular flexibility index (Phi) is 7.53. The van der Waals surface area contributed by atoms with Gasteiger partial charge in [0, 0.05) is 33.8 Å². The molecule has 1 heterocycles. The van der Waals surface area contributed by atoms with Crippen molar-refractivity contribution in [2.24, 2.45) is 0 Å². The van der Waals surface area contributed by atoms with E-state index in [1.54, 1.807) is 0 Å². The van der Waals surface area contributed by atoms with Crippen molar-refractivity contribution in [2.45, 2.75) is 0 Å². The number of hydrogen-bond acceptors (Lipinski definition) is 2. The van der Waals surface area contributed by atoms with Crippen LogP contribution in [0.1, 0.15) is 0 Å². The molecule has 0 N–H and O–H groups in total. The highest BCUT2D eigenvalue weighted by Gasteiger charge is 2.20. The highest BCUT2D eigenvalue weighted by atomic mass is 16.3. The molecule has 1 aromatic heterocycles. The van der Waals surface area contributed by atoms with Gasteiger partial charge < -0.3 is 9.32 Å². The number of benzene rings is 8. The van der Waals surface area contributed by atoms with Gasteiger partial charge in [0.05, 0.1) is 5.69 Å². The van der Waals surface area contributed by atoms with Crippen molar-refractivity contribution in [3.8, 4) is 44.5 Å². The van der Waals surface area contributed by atoms with Gasteiger partial charge in [0.25, 0.3) is 0 Å². The Morgan fingerprint density at radius 2 is 0.840 bits per heavy atom. The van der Waals surface area contributed by atoms with Crippen molar-refractivity contribution in [1.29, 1.82) is 0 Å². The summed E-state index contributed by atoms with van der Waals surface area (Å²) in [5.74, 6) is 0. The summed E-state index contributed by atoms with van der Waals surface area (Å²) in [7, 11) is 0. The lowest BCUT2D eigenvalue weighted by atomic mass is 9.93. The molecule has 8 aromatic carbocycles. The third kappa shape index (κ3) is 5.43. The molecular weight excluding hydrogens is 607 g/mol. The van der Waals surface area contributed by atoms with Crippen LogP contribution >= 0.6 is 0 Å². The fourth-order valence-corrected chi connectivity index (χ4v) is 7.08. The Bertz CT molecular complexity index is 2580. The van der Waals surface area contributed by atoms with E-state index in [1.807, 2.05) is 12.1 Å². The molecule has 9 rings (SSSR count). The molecule has 0 atom stereocenters. The minimum Gasteiger partial charge on any atom is -0.456 e. The van der Waals surface area contributed by atoms with E-state index in [0.29, 0.717) is 0 Å². The van der Waals surface area contributed by atoms with E-state index < -0.39 is 0 Å². The summed E-state index contributed by atoms with van der Waals surface area (Å²) in [5.41, 5.74) is 14.4. The topological polar surface area (TPSA) is 16.4 Å². The molecule has 0 amide bonds. The van der Waals surface area contributed by atoms with Crippen molar-refractivity contribution in [1.82, 2.24) is 0 Å². The van der Waals surface area contributed by atoms with Crippen LogP contribution in [0.4, 0.5) is 17.1 Å². The van der Waals surface area contributed by atoms with Crippen molar-refractivity contribution < 1.29 is 4.42 Å². The number of rotatable bonds is 7. The molecule has 0 saturated carbocycles. The van der Waals surface area contributed by atoms with E-state index in [2.05, 4.69) is 193 Å². The summed E-state index contributed by atoms with van der Waals surface area (Å²) in [6, 6.07) is 71.1. The highest BCUT2D eigenvalue weighted by Crippen LogP contribution is 2.45. The minimum absolute atomic E-state index is 0.864. The fourth-order valence-electron chi connectivity index (χ4n) is 7.08. The van der Waals surface area contributed by atoms with Crippen LogP contribution in [-0.4, -0.2) is 0 Å². The second kappa shape index (κ2) is 12.8. The van der Waals surface area contributed by atoms with Crippen LogP contribution < -0.4 is 4.90 Å². The Balaban J connectivity index is 1.22. The third-order valence-corrected chi connectivity index (χ3v) is 9.50. The van der Waals surface area contributed by atoms with Crippen LogP contribution in [0.5, 0.6) is 0 Å². The van der Waals surface area contributed by atoms with Gasteiger partial charge in [-0.25, -0.2) is 0 Å². The lowest BCUT2D eigenvalue weighted by Crippen LogP contribution is -2.11. The van der Waals surface area contributed by atoms with Crippen LogP contribution in [0.3, 0.4) is 0 Å². The quantitative estimate of drug-likeness (QED) is 0.173. The zero-order valence-corrected chi connectivity index (χ0v) is 27.4. The van der Waals surface area contributed by atoms with Gasteiger partial charge in [-0.05, 0) is 75.3 Å². The van der Waals surface area contributed by atoms with Gasteiger partial charge in [-0.15, -0.1) is 0 Å². The summed E-state index contributed by atoms with van der Waals surface area (Å²) >= 11 is 0. The predicted molar refractivity (Wildman–Crippen MR) is 210 cm³/mol. The van der Waals surface area contributed by atoms with E-state index >= 15 is 0 Å². The number of hydrogen-bond donors (Lipinski definition) is 0. The summed E-state index contributed by atoms with van der Waals surface area (Å²) in [5, 5.41) is 2.23. The van der Waals surface area contributed by atoms with Crippen molar-refractivity contribution in [2.75, 3.05) is 4.90 Å². The second-order valence-electron chi connectivity index (χ2n) is 12.5. The van der Waals surface area contributed by atoms with E-state index in [4.69, 9.17) is 4.42 Å². The summed E-state index contributed by atoms with van der Waals surface area (Å²) in [6.07, 6.45) is 0. The van der Waals surface area contributed by atoms with E-state index in [-0.39, 0.29) is 0 Å². The second-order valence-corrected chi connectivity index (χ2v) is 12.5. The zero-order chi connectivity index (χ0) is 33.3. The predicted octanol–water partition coefficient (Wildman–Crippen LogP) is 13.7. The standard InChI is InChI=1S/C48H33NO/c1-3-14-34(15-4-1)35-26-28-36(29-27-35)38-18-13-19-39(32-38)49(40-30-31-45-44-23-10-12-25-47(44)50-48(45)33-40)46-24-11-9-22-43(46)42-21-8-7-20-41(42)37-16-5-2-6-17-37/h1-33H. The van der Waals surface area contributed by atoms with Gasteiger partial charge in [0.15, 0.2) is 0 Å². The first-order chi connectivity index (χ1) is 24.8. The van der Waals surface area contributed by atoms with Gasteiger partial charge in [-0.2, -0.15) is 0 Å². The third-order valence-electron chi connectivity index (χ3n) is 9.50. The number of fused-ring (bicyclic) bond motifs is 3. The lowest BCUT2D eigenvalue weighted by molar-refractivity contribution is 0.669. The number of para-hydroxylation sites is 2. The first kappa shape index (κ1) is 29.5. The summed E-state index contributed by atoms with van der Waals surface area (Å²) in [6.45, 7) is 0.